The third kappa shape index (κ3) is 6.49. The molecule has 206 valence electrons. The highest BCUT2D eigenvalue weighted by Gasteiger charge is 2.23. The van der Waals surface area contributed by atoms with Crippen LogP contribution in [0, 0.1) is 0 Å². The Morgan fingerprint density at radius 3 is 2.15 bits per heavy atom. The van der Waals surface area contributed by atoms with Crippen LogP contribution in [0.5, 0.6) is 17.2 Å². The monoisotopic (exact) mass is 534 g/mol. The molecule has 0 radical (unpaired) electrons. The normalized spacial score (nSPS) is 12.1. The Balaban J connectivity index is 1.40. The van der Waals surface area contributed by atoms with Gasteiger partial charge in [0.25, 0.3) is 0 Å². The van der Waals surface area contributed by atoms with Crippen LogP contribution >= 0.6 is 0 Å². The van der Waals surface area contributed by atoms with Crippen LogP contribution in [-0.2, 0) is 6.54 Å². The number of nitrogens with zero attached hydrogens (tertiary/aromatic N) is 1. The van der Waals surface area contributed by atoms with E-state index < -0.39 is 0 Å². The Hall–Kier alpha value is -4.22. The van der Waals surface area contributed by atoms with Crippen LogP contribution in [0.1, 0.15) is 36.0 Å². The van der Waals surface area contributed by atoms with Gasteiger partial charge in [-0.15, -0.1) is 0 Å². The summed E-state index contributed by atoms with van der Waals surface area (Å²) in [6.07, 6.45) is 2.84. The van der Waals surface area contributed by atoms with Crippen molar-refractivity contribution in [2.24, 2.45) is 0 Å². The van der Waals surface area contributed by atoms with Crippen molar-refractivity contribution in [2.45, 2.75) is 31.8 Å². The average molecular weight is 535 g/mol. The molecule has 0 aliphatic heterocycles. The lowest BCUT2D eigenvalue weighted by atomic mass is 9.90. The van der Waals surface area contributed by atoms with Gasteiger partial charge in [-0.3, -0.25) is 4.90 Å². The van der Waals surface area contributed by atoms with Gasteiger partial charge < -0.3 is 19.2 Å². The molecule has 5 nitrogen and oxygen atoms in total. The first-order valence-electron chi connectivity index (χ1n) is 13.9. The molecule has 5 rings (SSSR count). The van der Waals surface area contributed by atoms with E-state index in [9.17, 15) is 0 Å². The summed E-state index contributed by atoms with van der Waals surface area (Å²) >= 11 is 0. The van der Waals surface area contributed by atoms with Crippen LogP contribution in [0.2, 0.25) is 0 Å². The summed E-state index contributed by atoms with van der Waals surface area (Å²) in [5.74, 6) is 2.77. The van der Waals surface area contributed by atoms with E-state index in [0.717, 1.165) is 53.2 Å². The average Bonchev–Trinajstić information content (AvgIpc) is 3.50. The molecular weight excluding hydrogens is 496 g/mol. The second-order valence-electron chi connectivity index (χ2n) is 10.2. The maximum absolute atomic E-state index is 6.31. The van der Waals surface area contributed by atoms with Crippen LogP contribution in [-0.4, -0.2) is 43.3 Å². The van der Waals surface area contributed by atoms with Crippen molar-refractivity contribution in [3.63, 3.8) is 0 Å². The van der Waals surface area contributed by atoms with Gasteiger partial charge in [-0.2, -0.15) is 0 Å². The fraction of sp³-hybridized carbons (Fsp3) is 0.257. The van der Waals surface area contributed by atoms with E-state index in [4.69, 9.17) is 14.2 Å². The summed E-state index contributed by atoms with van der Waals surface area (Å²) in [4.78, 5) is 5.82. The highest BCUT2D eigenvalue weighted by Crippen LogP contribution is 2.31. The molecule has 5 heteroatoms. The fourth-order valence-electron chi connectivity index (χ4n) is 5.31. The molecule has 0 saturated carbocycles. The summed E-state index contributed by atoms with van der Waals surface area (Å²) < 4.78 is 17.5. The number of aromatic amines is 1. The first kappa shape index (κ1) is 27.4. The number of methoxy groups -OCH3 is 2. The van der Waals surface area contributed by atoms with E-state index in [1.54, 1.807) is 14.2 Å². The second-order valence-corrected chi connectivity index (χ2v) is 10.2. The largest absolute Gasteiger partial charge is 0.497 e. The molecule has 4 aromatic carbocycles. The topological polar surface area (TPSA) is 46.7 Å². The zero-order valence-corrected chi connectivity index (χ0v) is 23.5. The second kappa shape index (κ2) is 13.2. The first-order valence-corrected chi connectivity index (χ1v) is 13.9. The minimum Gasteiger partial charge on any atom is -0.497 e. The highest BCUT2D eigenvalue weighted by atomic mass is 16.5. The minimum atomic E-state index is 0.226. The number of hydrogen-bond acceptors (Lipinski definition) is 4. The number of H-pyrrole nitrogens is 1. The first-order chi connectivity index (χ1) is 19.7. The molecule has 0 amide bonds. The van der Waals surface area contributed by atoms with Crippen molar-refractivity contribution in [1.82, 2.24) is 9.88 Å². The number of nitrogens with one attached hydrogen (secondary N) is 1. The molecule has 0 aliphatic rings. The minimum absolute atomic E-state index is 0.226. The van der Waals surface area contributed by atoms with E-state index in [1.807, 2.05) is 30.5 Å². The van der Waals surface area contributed by atoms with E-state index in [-0.39, 0.29) is 12.0 Å². The molecule has 40 heavy (non-hydrogen) atoms. The lowest BCUT2D eigenvalue weighted by molar-refractivity contribution is 0.161. The van der Waals surface area contributed by atoms with Gasteiger partial charge in [0.1, 0.15) is 17.2 Å². The van der Waals surface area contributed by atoms with Crippen LogP contribution in [0.15, 0.2) is 109 Å². The standard InChI is InChI=1S/C35H38N2O3/c1-26(20-22-40-34-16-10-15-33-31(34)19-21-36-33)37(24-29-17-18-30(38-2)23-35(29)39-3)25-32(27-11-6-4-7-12-27)28-13-8-5-9-14-28/h4-19,21,23,26,32,36H,20,22,24-25H2,1-3H3/t26-/m1/s1. The zero-order chi connectivity index (χ0) is 27.7. The zero-order valence-electron chi connectivity index (χ0n) is 23.5. The summed E-state index contributed by atoms with van der Waals surface area (Å²) in [7, 11) is 3.40. The number of benzene rings is 4. The van der Waals surface area contributed by atoms with Gasteiger partial charge in [-0.1, -0.05) is 72.8 Å². The van der Waals surface area contributed by atoms with E-state index in [0.29, 0.717) is 6.61 Å². The Kier molecular flexibility index (Phi) is 9.04. The van der Waals surface area contributed by atoms with Crippen LogP contribution in [0.4, 0.5) is 0 Å². The fourth-order valence-corrected chi connectivity index (χ4v) is 5.31. The van der Waals surface area contributed by atoms with Crippen molar-refractivity contribution < 1.29 is 14.2 Å². The van der Waals surface area contributed by atoms with Crippen LogP contribution < -0.4 is 14.2 Å². The maximum Gasteiger partial charge on any atom is 0.128 e. The van der Waals surface area contributed by atoms with Gasteiger partial charge in [0.05, 0.1) is 20.8 Å². The molecule has 1 heterocycles. The summed E-state index contributed by atoms with van der Waals surface area (Å²) in [5.41, 5.74) is 4.84. The van der Waals surface area contributed by atoms with E-state index >= 15 is 0 Å². The van der Waals surface area contributed by atoms with Gasteiger partial charge in [0, 0.05) is 53.8 Å². The maximum atomic E-state index is 6.31. The number of rotatable bonds is 13. The van der Waals surface area contributed by atoms with Gasteiger partial charge in [0.15, 0.2) is 0 Å². The van der Waals surface area contributed by atoms with Crippen molar-refractivity contribution >= 4 is 10.9 Å². The predicted octanol–water partition coefficient (Wildman–Crippen LogP) is 7.68. The molecule has 0 aliphatic carbocycles. The van der Waals surface area contributed by atoms with E-state index in [2.05, 4.69) is 95.7 Å². The Morgan fingerprint density at radius 2 is 1.48 bits per heavy atom. The molecule has 0 bridgehead atoms. The number of hydrogen-bond donors (Lipinski definition) is 1. The highest BCUT2D eigenvalue weighted by molar-refractivity contribution is 5.85. The van der Waals surface area contributed by atoms with Gasteiger partial charge in [-0.05, 0) is 48.7 Å². The molecule has 0 spiro atoms. The third-order valence-corrected chi connectivity index (χ3v) is 7.66. The van der Waals surface area contributed by atoms with E-state index in [1.165, 1.54) is 11.1 Å². The Labute approximate surface area is 237 Å². The number of ether oxygens (including phenoxy) is 3. The van der Waals surface area contributed by atoms with Crippen molar-refractivity contribution in [1.29, 1.82) is 0 Å². The Bertz CT molecular complexity index is 1440. The van der Waals surface area contributed by atoms with Crippen molar-refractivity contribution in [2.75, 3.05) is 27.4 Å². The molecule has 5 aromatic rings. The molecule has 1 aromatic heterocycles. The summed E-state index contributed by atoms with van der Waals surface area (Å²) in [6, 6.07) is 36.1. The lowest BCUT2D eigenvalue weighted by Gasteiger charge is -2.33. The molecule has 0 fully saturated rings. The molecule has 1 atom stereocenters. The van der Waals surface area contributed by atoms with Crippen LogP contribution in [0.25, 0.3) is 10.9 Å². The van der Waals surface area contributed by atoms with Gasteiger partial charge in [-0.25, -0.2) is 0 Å². The molecule has 0 unspecified atom stereocenters. The third-order valence-electron chi connectivity index (χ3n) is 7.66. The van der Waals surface area contributed by atoms with Gasteiger partial charge >= 0.3 is 0 Å². The predicted molar refractivity (Wildman–Crippen MR) is 163 cm³/mol. The number of aromatic nitrogens is 1. The SMILES string of the molecule is COc1ccc(CN(CC(c2ccccc2)c2ccccc2)[C@H](C)CCOc2cccc3[nH]ccc23)c(OC)c1. The molecule has 0 saturated heterocycles. The van der Waals surface area contributed by atoms with Crippen LogP contribution in [0.3, 0.4) is 0 Å². The lowest BCUT2D eigenvalue weighted by Crippen LogP contribution is -2.37. The number of fused-ring (bicyclic) bond motifs is 1. The summed E-state index contributed by atoms with van der Waals surface area (Å²) in [6.45, 7) is 4.53. The van der Waals surface area contributed by atoms with Crippen molar-refractivity contribution in [3.8, 4) is 17.2 Å². The molecular formula is C35H38N2O3. The smallest absolute Gasteiger partial charge is 0.128 e. The summed E-state index contributed by atoms with van der Waals surface area (Å²) in [5, 5.41) is 1.11. The van der Waals surface area contributed by atoms with Gasteiger partial charge in [0.2, 0.25) is 0 Å². The van der Waals surface area contributed by atoms with Crippen molar-refractivity contribution in [3.05, 3.63) is 126 Å². The Morgan fingerprint density at radius 1 is 0.750 bits per heavy atom. The quantitative estimate of drug-likeness (QED) is 0.168. The molecule has 1 N–H and O–H groups in total.